The molecule has 2 amide bonds. The van der Waals surface area contributed by atoms with Crippen molar-refractivity contribution in [3.8, 4) is 6.07 Å². The largest absolute Gasteiger partial charge is 0.353 e. The molecule has 0 heterocycles. The van der Waals surface area contributed by atoms with Crippen molar-refractivity contribution in [3.05, 3.63) is 29.8 Å². The highest BCUT2D eigenvalue weighted by atomic mass is 16.2. The molecule has 0 bridgehead atoms. The third kappa shape index (κ3) is 4.10. The van der Waals surface area contributed by atoms with E-state index in [4.69, 9.17) is 5.26 Å². The van der Waals surface area contributed by atoms with Gasteiger partial charge < -0.3 is 10.6 Å². The quantitative estimate of drug-likeness (QED) is 0.896. The Bertz CT molecular complexity index is 638. The summed E-state index contributed by atoms with van der Waals surface area (Å²) in [6, 6.07) is 9.39. The zero-order valence-corrected chi connectivity index (χ0v) is 13.0. The molecule has 2 N–H and O–H groups in total. The van der Waals surface area contributed by atoms with Gasteiger partial charge in [-0.1, -0.05) is 6.07 Å². The highest BCUT2D eigenvalue weighted by Crippen LogP contribution is 2.31. The molecular formula is C18H21N3O2. The van der Waals surface area contributed by atoms with E-state index in [2.05, 4.69) is 16.7 Å². The summed E-state index contributed by atoms with van der Waals surface area (Å²) in [5, 5.41) is 14.8. The van der Waals surface area contributed by atoms with Gasteiger partial charge in [0, 0.05) is 23.6 Å². The fourth-order valence-corrected chi connectivity index (χ4v) is 3.08. The molecule has 2 aliphatic carbocycles. The van der Waals surface area contributed by atoms with Crippen LogP contribution in [0.5, 0.6) is 0 Å². The van der Waals surface area contributed by atoms with Gasteiger partial charge in [-0.3, -0.25) is 9.59 Å². The molecule has 0 saturated heterocycles. The minimum atomic E-state index is -0.0503. The van der Waals surface area contributed by atoms with Gasteiger partial charge in [0.25, 0.3) is 0 Å². The number of nitrogens with zero attached hydrogens (tertiary/aromatic N) is 1. The summed E-state index contributed by atoms with van der Waals surface area (Å²) in [5.74, 6) is 0.154. The number of rotatable bonds is 4. The van der Waals surface area contributed by atoms with E-state index in [1.165, 1.54) is 0 Å². The van der Waals surface area contributed by atoms with E-state index in [1.54, 1.807) is 24.3 Å². The van der Waals surface area contributed by atoms with Gasteiger partial charge in [-0.05, 0) is 56.7 Å². The molecule has 23 heavy (non-hydrogen) atoms. The third-order valence-electron chi connectivity index (χ3n) is 4.65. The van der Waals surface area contributed by atoms with Gasteiger partial charge in [-0.15, -0.1) is 0 Å². The Balaban J connectivity index is 1.49. The van der Waals surface area contributed by atoms with Crippen LogP contribution in [0.2, 0.25) is 0 Å². The number of hydrogen-bond donors (Lipinski definition) is 2. The van der Waals surface area contributed by atoms with Crippen LogP contribution in [-0.4, -0.2) is 17.9 Å². The maximum absolute atomic E-state index is 12.3. The second-order valence-electron chi connectivity index (χ2n) is 6.51. The van der Waals surface area contributed by atoms with Crippen LogP contribution < -0.4 is 10.6 Å². The highest BCUT2D eigenvalue weighted by Gasteiger charge is 2.32. The van der Waals surface area contributed by atoms with Crippen molar-refractivity contribution in [1.29, 1.82) is 5.26 Å². The zero-order chi connectivity index (χ0) is 16.2. The first-order valence-electron chi connectivity index (χ1n) is 8.27. The molecule has 0 aromatic heterocycles. The van der Waals surface area contributed by atoms with Crippen LogP contribution >= 0.6 is 0 Å². The number of carbonyl (C=O) groups is 2. The maximum atomic E-state index is 12.3. The summed E-state index contributed by atoms with van der Waals surface area (Å²) < 4.78 is 0. The van der Waals surface area contributed by atoms with E-state index < -0.39 is 0 Å². The smallest absolute Gasteiger partial charge is 0.227 e. The van der Waals surface area contributed by atoms with Crippen molar-refractivity contribution in [1.82, 2.24) is 5.32 Å². The van der Waals surface area contributed by atoms with E-state index in [1.807, 2.05) is 0 Å². The Morgan fingerprint density at radius 2 is 1.65 bits per heavy atom. The van der Waals surface area contributed by atoms with Crippen molar-refractivity contribution in [3.63, 3.8) is 0 Å². The van der Waals surface area contributed by atoms with Gasteiger partial charge in [0.05, 0.1) is 11.6 Å². The molecular weight excluding hydrogens is 290 g/mol. The van der Waals surface area contributed by atoms with Crippen LogP contribution in [0.25, 0.3) is 0 Å². The van der Waals surface area contributed by atoms with Gasteiger partial charge in [0.15, 0.2) is 0 Å². The molecule has 5 heteroatoms. The lowest BCUT2D eigenvalue weighted by atomic mass is 9.81. The van der Waals surface area contributed by atoms with Gasteiger partial charge in [-0.25, -0.2) is 0 Å². The van der Waals surface area contributed by atoms with Gasteiger partial charge in [-0.2, -0.15) is 5.26 Å². The van der Waals surface area contributed by atoms with Crippen molar-refractivity contribution < 1.29 is 9.59 Å². The molecule has 0 aliphatic heterocycles. The summed E-state index contributed by atoms with van der Waals surface area (Å²) >= 11 is 0. The molecule has 5 nitrogen and oxygen atoms in total. The Kier molecular flexibility index (Phi) is 4.61. The zero-order valence-electron chi connectivity index (χ0n) is 13.0. The number of carbonyl (C=O) groups excluding carboxylic acids is 2. The first-order valence-corrected chi connectivity index (χ1v) is 8.27. The average molecular weight is 311 g/mol. The average Bonchev–Trinajstić information content (AvgIpc) is 3.39. The van der Waals surface area contributed by atoms with Crippen LogP contribution in [-0.2, 0) is 9.59 Å². The molecule has 1 aromatic carbocycles. The number of hydrogen-bond acceptors (Lipinski definition) is 3. The summed E-state index contributed by atoms with van der Waals surface area (Å²) in [6.07, 6.45) is 5.24. The SMILES string of the molecule is N#Cc1cccc(NC(=O)C2CCC(C(=O)NC3CC3)CC2)c1. The fourth-order valence-electron chi connectivity index (χ4n) is 3.08. The monoisotopic (exact) mass is 311 g/mol. The molecule has 120 valence electrons. The highest BCUT2D eigenvalue weighted by molar-refractivity contribution is 5.93. The molecule has 0 unspecified atom stereocenters. The first kappa shape index (κ1) is 15.5. The number of benzene rings is 1. The number of anilines is 1. The van der Waals surface area contributed by atoms with Crippen molar-refractivity contribution in [2.75, 3.05) is 5.32 Å². The Labute approximate surface area is 136 Å². The predicted molar refractivity (Wildman–Crippen MR) is 86.4 cm³/mol. The summed E-state index contributed by atoms with van der Waals surface area (Å²) in [4.78, 5) is 24.4. The predicted octanol–water partition coefficient (Wildman–Crippen LogP) is 2.58. The molecule has 2 aliphatic rings. The minimum absolute atomic E-state index is 0.0128. The normalized spacial score (nSPS) is 23.6. The van der Waals surface area contributed by atoms with E-state index in [0.717, 1.165) is 38.5 Å². The first-order chi connectivity index (χ1) is 11.2. The van der Waals surface area contributed by atoms with E-state index in [-0.39, 0.29) is 23.7 Å². The molecule has 2 fully saturated rings. The summed E-state index contributed by atoms with van der Waals surface area (Å²) in [6.45, 7) is 0. The number of amides is 2. The second kappa shape index (κ2) is 6.82. The molecule has 2 saturated carbocycles. The van der Waals surface area contributed by atoms with E-state index in [0.29, 0.717) is 17.3 Å². The van der Waals surface area contributed by atoms with Crippen LogP contribution in [0.4, 0.5) is 5.69 Å². The van der Waals surface area contributed by atoms with E-state index >= 15 is 0 Å². The van der Waals surface area contributed by atoms with Crippen molar-refractivity contribution >= 4 is 17.5 Å². The summed E-state index contributed by atoms with van der Waals surface area (Å²) in [7, 11) is 0. The van der Waals surface area contributed by atoms with E-state index in [9.17, 15) is 9.59 Å². The molecule has 1 aromatic rings. The Hall–Kier alpha value is -2.35. The van der Waals surface area contributed by atoms with Gasteiger partial charge in [0.1, 0.15) is 0 Å². The summed E-state index contributed by atoms with van der Waals surface area (Å²) in [5.41, 5.74) is 1.19. The fraction of sp³-hybridized carbons (Fsp3) is 0.500. The second-order valence-corrected chi connectivity index (χ2v) is 6.51. The van der Waals surface area contributed by atoms with Crippen molar-refractivity contribution in [2.45, 2.75) is 44.6 Å². The maximum Gasteiger partial charge on any atom is 0.227 e. The Morgan fingerprint density at radius 3 is 2.26 bits per heavy atom. The molecule has 0 atom stereocenters. The van der Waals surface area contributed by atoms with Crippen molar-refractivity contribution in [2.24, 2.45) is 11.8 Å². The van der Waals surface area contributed by atoms with Crippen LogP contribution in [0.3, 0.4) is 0 Å². The molecule has 0 radical (unpaired) electrons. The molecule has 0 spiro atoms. The Morgan fingerprint density at radius 1 is 1.00 bits per heavy atom. The minimum Gasteiger partial charge on any atom is -0.353 e. The van der Waals surface area contributed by atoms with Crippen LogP contribution in [0.1, 0.15) is 44.1 Å². The topological polar surface area (TPSA) is 82.0 Å². The lowest BCUT2D eigenvalue weighted by Gasteiger charge is -2.27. The third-order valence-corrected chi connectivity index (χ3v) is 4.65. The number of nitrogens with one attached hydrogen (secondary N) is 2. The standard InChI is InChI=1S/C18H21N3O2/c19-11-12-2-1-3-16(10-12)21-18(23)14-6-4-13(5-7-14)17(22)20-15-8-9-15/h1-3,10,13-15H,4-9H2,(H,20,22)(H,21,23). The van der Waals surface area contributed by atoms with Crippen LogP contribution in [0, 0.1) is 23.2 Å². The van der Waals surface area contributed by atoms with Gasteiger partial charge >= 0.3 is 0 Å². The van der Waals surface area contributed by atoms with Gasteiger partial charge in [0.2, 0.25) is 11.8 Å². The lowest BCUT2D eigenvalue weighted by Crippen LogP contribution is -2.36. The number of nitriles is 1. The van der Waals surface area contributed by atoms with Crippen LogP contribution in [0.15, 0.2) is 24.3 Å². The lowest BCUT2D eigenvalue weighted by molar-refractivity contribution is -0.128. The molecule has 3 rings (SSSR count).